The molecule has 2 atom stereocenters. The summed E-state index contributed by atoms with van der Waals surface area (Å²) in [4.78, 5) is 0. The second kappa shape index (κ2) is 7.62. The highest BCUT2D eigenvalue weighted by Gasteiger charge is 2.12. The van der Waals surface area contributed by atoms with Crippen molar-refractivity contribution >= 4 is 15.9 Å². The topological polar surface area (TPSA) is 21.3 Å². The summed E-state index contributed by atoms with van der Waals surface area (Å²) < 4.78 is 6.53. The number of benzene rings is 2. The molecule has 0 saturated carbocycles. The van der Waals surface area contributed by atoms with Crippen LogP contribution in [0.4, 0.5) is 0 Å². The molecule has 0 radical (unpaired) electrons. The summed E-state index contributed by atoms with van der Waals surface area (Å²) in [7, 11) is 1.72. The van der Waals surface area contributed by atoms with Crippen molar-refractivity contribution in [2.24, 2.45) is 0 Å². The van der Waals surface area contributed by atoms with Crippen molar-refractivity contribution in [3.05, 3.63) is 64.1 Å². The molecule has 2 aromatic rings. The average Bonchev–Trinajstić information content (AvgIpc) is 2.47. The Balaban J connectivity index is 1.99. The zero-order valence-electron chi connectivity index (χ0n) is 12.8. The maximum Gasteiger partial charge on any atom is 0.122 e. The number of halogens is 1. The third-order valence-corrected chi connectivity index (χ3v) is 4.10. The summed E-state index contributed by atoms with van der Waals surface area (Å²) in [6.07, 6.45) is 0.947. The second-order valence-electron chi connectivity index (χ2n) is 5.36. The van der Waals surface area contributed by atoms with Gasteiger partial charge in [0, 0.05) is 16.6 Å². The number of nitrogens with one attached hydrogen (secondary N) is 1. The number of para-hydroxylation sites is 1. The lowest BCUT2D eigenvalue weighted by Crippen LogP contribution is -2.30. The molecule has 3 heteroatoms. The smallest absolute Gasteiger partial charge is 0.122 e. The van der Waals surface area contributed by atoms with Crippen LogP contribution in [0.25, 0.3) is 0 Å². The molecule has 0 bridgehead atoms. The van der Waals surface area contributed by atoms with Crippen molar-refractivity contribution in [1.82, 2.24) is 5.32 Å². The Morgan fingerprint density at radius 3 is 2.57 bits per heavy atom. The normalized spacial score (nSPS) is 13.7. The minimum absolute atomic E-state index is 0.312. The second-order valence-corrected chi connectivity index (χ2v) is 6.28. The van der Waals surface area contributed by atoms with Crippen LogP contribution in [-0.2, 0) is 6.42 Å². The van der Waals surface area contributed by atoms with Gasteiger partial charge in [0.2, 0.25) is 0 Å². The fraction of sp³-hybridized carbons (Fsp3) is 0.333. The first kappa shape index (κ1) is 16.1. The summed E-state index contributed by atoms with van der Waals surface area (Å²) >= 11 is 3.53. The van der Waals surface area contributed by atoms with Gasteiger partial charge < -0.3 is 10.1 Å². The van der Waals surface area contributed by atoms with Crippen LogP contribution in [0, 0.1) is 0 Å². The lowest BCUT2D eigenvalue weighted by atomic mass is 10.0. The molecule has 112 valence electrons. The molecule has 0 fully saturated rings. The van der Waals surface area contributed by atoms with E-state index >= 15 is 0 Å². The van der Waals surface area contributed by atoms with Crippen LogP contribution >= 0.6 is 15.9 Å². The fourth-order valence-electron chi connectivity index (χ4n) is 2.56. The minimum Gasteiger partial charge on any atom is -0.496 e. The molecule has 0 aliphatic rings. The number of ether oxygens (including phenoxy) is 1. The highest BCUT2D eigenvalue weighted by atomic mass is 79.9. The van der Waals surface area contributed by atoms with E-state index in [1.165, 1.54) is 11.1 Å². The van der Waals surface area contributed by atoms with Crippen molar-refractivity contribution < 1.29 is 4.74 Å². The van der Waals surface area contributed by atoms with Crippen molar-refractivity contribution in [3.8, 4) is 5.75 Å². The third-order valence-electron chi connectivity index (χ3n) is 3.60. The summed E-state index contributed by atoms with van der Waals surface area (Å²) in [6.45, 7) is 4.40. The van der Waals surface area contributed by atoms with Gasteiger partial charge in [0.15, 0.2) is 0 Å². The van der Waals surface area contributed by atoms with Crippen LogP contribution in [0.1, 0.15) is 31.0 Å². The molecule has 1 N–H and O–H groups in total. The van der Waals surface area contributed by atoms with Crippen molar-refractivity contribution in [3.63, 3.8) is 0 Å². The summed E-state index contributed by atoms with van der Waals surface area (Å²) in [5.41, 5.74) is 2.53. The van der Waals surface area contributed by atoms with Gasteiger partial charge in [-0.1, -0.05) is 46.3 Å². The molecule has 0 heterocycles. The van der Waals surface area contributed by atoms with Gasteiger partial charge in [-0.05, 0) is 49.6 Å². The first-order valence-corrected chi connectivity index (χ1v) is 8.03. The number of methoxy groups -OCH3 is 1. The van der Waals surface area contributed by atoms with Gasteiger partial charge in [-0.15, -0.1) is 0 Å². The first-order chi connectivity index (χ1) is 10.1. The standard InChI is InChI=1S/C18H22BrNO/c1-13(11-16-7-4-5-10-18(16)21-3)20-14(2)15-8-6-9-17(19)12-15/h4-10,12-14,20H,11H2,1-3H3. The van der Waals surface area contributed by atoms with E-state index in [0.717, 1.165) is 16.6 Å². The monoisotopic (exact) mass is 347 g/mol. The van der Waals surface area contributed by atoms with Crippen molar-refractivity contribution in [2.75, 3.05) is 7.11 Å². The summed E-state index contributed by atoms with van der Waals surface area (Å²) in [5, 5.41) is 3.65. The van der Waals surface area contributed by atoms with Gasteiger partial charge in [0.25, 0.3) is 0 Å². The predicted molar refractivity (Wildman–Crippen MR) is 91.9 cm³/mol. The Hall–Kier alpha value is -1.32. The van der Waals surface area contributed by atoms with Gasteiger partial charge in [-0.3, -0.25) is 0 Å². The Morgan fingerprint density at radius 2 is 1.86 bits per heavy atom. The molecular weight excluding hydrogens is 326 g/mol. The van der Waals surface area contributed by atoms with E-state index in [1.807, 2.05) is 12.1 Å². The maximum absolute atomic E-state index is 5.42. The molecule has 2 nitrogen and oxygen atoms in total. The molecular formula is C18H22BrNO. The van der Waals surface area contributed by atoms with Gasteiger partial charge in [0.1, 0.15) is 5.75 Å². The van der Waals surface area contributed by atoms with Gasteiger partial charge in [-0.25, -0.2) is 0 Å². The molecule has 0 aromatic heterocycles. The van der Waals surface area contributed by atoms with Gasteiger partial charge in [0.05, 0.1) is 7.11 Å². The van der Waals surface area contributed by atoms with Crippen LogP contribution in [0.15, 0.2) is 53.0 Å². The lowest BCUT2D eigenvalue weighted by molar-refractivity contribution is 0.403. The van der Waals surface area contributed by atoms with E-state index in [9.17, 15) is 0 Å². The maximum atomic E-state index is 5.42. The van der Waals surface area contributed by atoms with Crippen LogP contribution in [0.5, 0.6) is 5.75 Å². The van der Waals surface area contributed by atoms with E-state index in [-0.39, 0.29) is 0 Å². The van der Waals surface area contributed by atoms with E-state index in [4.69, 9.17) is 4.74 Å². The number of hydrogen-bond donors (Lipinski definition) is 1. The van der Waals surface area contributed by atoms with E-state index in [0.29, 0.717) is 12.1 Å². The Kier molecular flexibility index (Phi) is 5.83. The van der Waals surface area contributed by atoms with Crippen LogP contribution in [-0.4, -0.2) is 13.2 Å². The van der Waals surface area contributed by atoms with Gasteiger partial charge in [-0.2, -0.15) is 0 Å². The van der Waals surface area contributed by atoms with Crippen molar-refractivity contribution in [1.29, 1.82) is 0 Å². The van der Waals surface area contributed by atoms with E-state index in [2.05, 4.69) is 71.5 Å². The number of hydrogen-bond acceptors (Lipinski definition) is 2. The third kappa shape index (κ3) is 4.58. The summed E-state index contributed by atoms with van der Waals surface area (Å²) in [5.74, 6) is 0.959. The molecule has 0 aliphatic heterocycles. The molecule has 21 heavy (non-hydrogen) atoms. The minimum atomic E-state index is 0.312. The quantitative estimate of drug-likeness (QED) is 0.814. The van der Waals surface area contributed by atoms with Crippen molar-refractivity contribution in [2.45, 2.75) is 32.4 Å². The fourth-order valence-corrected chi connectivity index (χ4v) is 2.98. The first-order valence-electron chi connectivity index (χ1n) is 7.23. The van der Waals surface area contributed by atoms with Gasteiger partial charge >= 0.3 is 0 Å². The largest absolute Gasteiger partial charge is 0.496 e. The van der Waals surface area contributed by atoms with E-state index < -0.39 is 0 Å². The lowest BCUT2D eigenvalue weighted by Gasteiger charge is -2.21. The molecule has 0 spiro atoms. The SMILES string of the molecule is COc1ccccc1CC(C)NC(C)c1cccc(Br)c1. The molecule has 0 saturated heterocycles. The molecule has 2 unspecified atom stereocenters. The Morgan fingerprint density at radius 1 is 1.10 bits per heavy atom. The van der Waals surface area contributed by atoms with E-state index in [1.54, 1.807) is 7.11 Å². The van der Waals surface area contributed by atoms with Crippen LogP contribution in [0.3, 0.4) is 0 Å². The highest BCUT2D eigenvalue weighted by Crippen LogP contribution is 2.21. The average molecular weight is 348 g/mol. The molecule has 0 aliphatic carbocycles. The molecule has 2 aromatic carbocycles. The van der Waals surface area contributed by atoms with Crippen LogP contribution < -0.4 is 10.1 Å². The summed E-state index contributed by atoms with van der Waals surface area (Å²) in [6, 6.07) is 17.3. The zero-order valence-corrected chi connectivity index (χ0v) is 14.4. The predicted octanol–water partition coefficient (Wildman–Crippen LogP) is 4.74. The number of rotatable bonds is 6. The van der Waals surface area contributed by atoms with Crippen LogP contribution in [0.2, 0.25) is 0 Å². The molecule has 0 amide bonds. The molecule has 2 rings (SSSR count). The Labute approximate surface area is 135 Å². The zero-order chi connectivity index (χ0) is 15.2. The highest BCUT2D eigenvalue weighted by molar-refractivity contribution is 9.10. The Bertz CT molecular complexity index is 585.